The molecule has 0 saturated heterocycles. The standard InChI is InChI=1S/C12H18N2O4/c1-4-10(15)13(2)7-9(8-18-3)14-11(16)5-6-12(14)17/h5-6,9H,4,7-8H2,1-3H3. The molecule has 0 aliphatic carbocycles. The maximum atomic E-state index is 11.6. The minimum atomic E-state index is -0.453. The van der Waals surface area contributed by atoms with Gasteiger partial charge in [-0.15, -0.1) is 0 Å². The lowest BCUT2D eigenvalue weighted by molar-refractivity contribution is -0.143. The van der Waals surface area contributed by atoms with Crippen molar-refractivity contribution < 1.29 is 19.1 Å². The average Bonchev–Trinajstić information content (AvgIpc) is 2.67. The van der Waals surface area contributed by atoms with Crippen LogP contribution in [0.25, 0.3) is 0 Å². The van der Waals surface area contributed by atoms with Crippen molar-refractivity contribution in [3.8, 4) is 0 Å². The maximum absolute atomic E-state index is 11.6. The summed E-state index contributed by atoms with van der Waals surface area (Å²) in [6.45, 7) is 2.25. The number of imide groups is 1. The first-order valence-corrected chi connectivity index (χ1v) is 5.79. The van der Waals surface area contributed by atoms with Crippen LogP contribution < -0.4 is 0 Å². The fourth-order valence-corrected chi connectivity index (χ4v) is 1.86. The molecular formula is C12H18N2O4. The minimum absolute atomic E-state index is 0.0387. The van der Waals surface area contributed by atoms with Crippen molar-refractivity contribution in [2.24, 2.45) is 0 Å². The second kappa shape index (κ2) is 6.30. The smallest absolute Gasteiger partial charge is 0.254 e. The largest absolute Gasteiger partial charge is 0.382 e. The molecule has 6 nitrogen and oxygen atoms in total. The number of amides is 3. The van der Waals surface area contributed by atoms with Gasteiger partial charge in [-0.3, -0.25) is 19.3 Å². The fourth-order valence-electron chi connectivity index (χ4n) is 1.86. The number of nitrogens with zero attached hydrogens (tertiary/aromatic N) is 2. The van der Waals surface area contributed by atoms with Crippen LogP contribution in [0.4, 0.5) is 0 Å². The van der Waals surface area contributed by atoms with Crippen LogP contribution in [-0.2, 0) is 19.1 Å². The van der Waals surface area contributed by atoms with Crippen LogP contribution in [-0.4, -0.2) is 60.9 Å². The van der Waals surface area contributed by atoms with Gasteiger partial charge in [-0.1, -0.05) is 6.92 Å². The highest BCUT2D eigenvalue weighted by Gasteiger charge is 2.32. The average molecular weight is 254 g/mol. The van der Waals surface area contributed by atoms with Gasteiger partial charge in [-0.25, -0.2) is 0 Å². The number of rotatable bonds is 6. The number of ether oxygens (including phenoxy) is 1. The van der Waals surface area contributed by atoms with Crippen LogP contribution in [0.2, 0.25) is 0 Å². The SMILES string of the molecule is CCC(=O)N(C)CC(COC)N1C(=O)C=CC1=O. The van der Waals surface area contributed by atoms with E-state index in [0.29, 0.717) is 6.42 Å². The Labute approximate surface area is 106 Å². The lowest BCUT2D eigenvalue weighted by atomic mass is 10.2. The molecule has 0 N–H and O–H groups in total. The molecule has 6 heteroatoms. The molecule has 0 aromatic heterocycles. The summed E-state index contributed by atoms with van der Waals surface area (Å²) >= 11 is 0. The molecule has 0 aromatic rings. The Bertz CT molecular complexity index is 360. The van der Waals surface area contributed by atoms with Gasteiger partial charge < -0.3 is 9.64 Å². The summed E-state index contributed by atoms with van der Waals surface area (Å²) in [6, 6.07) is -0.453. The summed E-state index contributed by atoms with van der Waals surface area (Å²) in [7, 11) is 3.14. The number of carbonyl (C=O) groups excluding carboxylic acids is 3. The highest BCUT2D eigenvalue weighted by molar-refractivity contribution is 6.13. The van der Waals surface area contributed by atoms with Crippen LogP contribution in [0.1, 0.15) is 13.3 Å². The monoisotopic (exact) mass is 254 g/mol. The quantitative estimate of drug-likeness (QED) is 0.615. The third-order valence-electron chi connectivity index (χ3n) is 2.78. The van der Waals surface area contributed by atoms with Gasteiger partial charge in [0.2, 0.25) is 5.91 Å². The van der Waals surface area contributed by atoms with E-state index in [1.807, 2.05) is 0 Å². The number of hydrogen-bond donors (Lipinski definition) is 0. The zero-order valence-corrected chi connectivity index (χ0v) is 10.9. The maximum Gasteiger partial charge on any atom is 0.254 e. The Morgan fingerprint density at radius 3 is 2.39 bits per heavy atom. The molecule has 3 amide bonds. The predicted molar refractivity (Wildman–Crippen MR) is 64.6 cm³/mol. The molecule has 1 aliphatic heterocycles. The van der Waals surface area contributed by atoms with E-state index >= 15 is 0 Å². The summed E-state index contributed by atoms with van der Waals surface area (Å²) in [5.41, 5.74) is 0. The number of carbonyl (C=O) groups is 3. The van der Waals surface area contributed by atoms with Gasteiger partial charge in [0.1, 0.15) is 0 Å². The van der Waals surface area contributed by atoms with E-state index in [1.54, 1.807) is 14.0 Å². The van der Waals surface area contributed by atoms with E-state index in [2.05, 4.69) is 0 Å². The first-order valence-electron chi connectivity index (χ1n) is 5.79. The molecule has 100 valence electrons. The molecule has 0 saturated carbocycles. The first kappa shape index (κ1) is 14.4. The van der Waals surface area contributed by atoms with E-state index in [4.69, 9.17) is 4.74 Å². The Morgan fingerprint density at radius 1 is 1.39 bits per heavy atom. The normalized spacial score (nSPS) is 16.3. The lowest BCUT2D eigenvalue weighted by Crippen LogP contribution is -2.49. The highest BCUT2D eigenvalue weighted by Crippen LogP contribution is 2.11. The topological polar surface area (TPSA) is 66.9 Å². The third kappa shape index (κ3) is 3.16. The van der Waals surface area contributed by atoms with Crippen molar-refractivity contribution in [2.45, 2.75) is 19.4 Å². The van der Waals surface area contributed by atoms with E-state index in [1.165, 1.54) is 24.2 Å². The first-order chi connectivity index (χ1) is 8.51. The van der Waals surface area contributed by atoms with E-state index < -0.39 is 6.04 Å². The lowest BCUT2D eigenvalue weighted by Gasteiger charge is -2.29. The minimum Gasteiger partial charge on any atom is -0.382 e. The van der Waals surface area contributed by atoms with Gasteiger partial charge >= 0.3 is 0 Å². The number of likely N-dealkylation sites (N-methyl/N-ethyl adjacent to an activating group) is 1. The number of methoxy groups -OCH3 is 1. The van der Waals surface area contributed by atoms with Crippen molar-refractivity contribution in [1.29, 1.82) is 0 Å². The van der Waals surface area contributed by atoms with Crippen molar-refractivity contribution >= 4 is 17.7 Å². The van der Waals surface area contributed by atoms with Gasteiger partial charge in [0.15, 0.2) is 0 Å². The van der Waals surface area contributed by atoms with Gasteiger partial charge in [0.05, 0.1) is 12.6 Å². The van der Waals surface area contributed by atoms with Crippen LogP contribution in [0, 0.1) is 0 Å². The zero-order valence-electron chi connectivity index (χ0n) is 10.9. The summed E-state index contributed by atoms with van der Waals surface area (Å²) in [6.07, 6.45) is 2.84. The van der Waals surface area contributed by atoms with Crippen LogP contribution >= 0.6 is 0 Å². The van der Waals surface area contributed by atoms with Crippen molar-refractivity contribution in [2.75, 3.05) is 27.3 Å². The molecule has 0 fully saturated rings. The second-order valence-corrected chi connectivity index (χ2v) is 4.12. The molecule has 0 radical (unpaired) electrons. The molecule has 1 heterocycles. The Kier molecular flexibility index (Phi) is 5.03. The van der Waals surface area contributed by atoms with Crippen LogP contribution in [0.15, 0.2) is 12.2 Å². The molecule has 1 atom stereocenters. The van der Waals surface area contributed by atoms with Crippen molar-refractivity contribution in [3.05, 3.63) is 12.2 Å². The van der Waals surface area contributed by atoms with E-state index in [0.717, 1.165) is 4.90 Å². The highest BCUT2D eigenvalue weighted by atomic mass is 16.5. The summed E-state index contributed by atoms with van der Waals surface area (Å²) < 4.78 is 5.02. The summed E-state index contributed by atoms with van der Waals surface area (Å²) in [5.74, 6) is -0.762. The molecule has 0 aromatic carbocycles. The van der Waals surface area contributed by atoms with Gasteiger partial charge in [0.25, 0.3) is 11.8 Å². The molecule has 18 heavy (non-hydrogen) atoms. The predicted octanol–water partition coefficient (Wildman–Crippen LogP) is -0.205. The van der Waals surface area contributed by atoms with Crippen LogP contribution in [0.5, 0.6) is 0 Å². The van der Waals surface area contributed by atoms with Crippen molar-refractivity contribution in [1.82, 2.24) is 9.80 Å². The molecule has 1 unspecified atom stereocenters. The molecular weight excluding hydrogens is 236 g/mol. The third-order valence-corrected chi connectivity index (χ3v) is 2.78. The second-order valence-electron chi connectivity index (χ2n) is 4.12. The summed E-state index contributed by atoms with van der Waals surface area (Å²) in [5, 5.41) is 0. The zero-order chi connectivity index (χ0) is 13.7. The van der Waals surface area contributed by atoms with E-state index in [9.17, 15) is 14.4 Å². The van der Waals surface area contributed by atoms with E-state index in [-0.39, 0.29) is 30.9 Å². The van der Waals surface area contributed by atoms with Gasteiger partial charge in [-0.05, 0) is 0 Å². The van der Waals surface area contributed by atoms with Gasteiger partial charge in [-0.2, -0.15) is 0 Å². The fraction of sp³-hybridized carbons (Fsp3) is 0.583. The van der Waals surface area contributed by atoms with Gasteiger partial charge in [0, 0.05) is 39.3 Å². The molecule has 0 bridgehead atoms. The van der Waals surface area contributed by atoms with Crippen molar-refractivity contribution in [3.63, 3.8) is 0 Å². The van der Waals surface area contributed by atoms with Crippen LogP contribution in [0.3, 0.4) is 0 Å². The Hall–Kier alpha value is -1.69. The molecule has 1 aliphatic rings. The molecule has 1 rings (SSSR count). The summed E-state index contributed by atoms with van der Waals surface area (Å²) in [4.78, 5) is 37.3. The Morgan fingerprint density at radius 2 is 1.94 bits per heavy atom. The molecule has 0 spiro atoms. The Balaban J connectivity index is 2.74. The number of hydrogen-bond acceptors (Lipinski definition) is 4.